The number of ether oxygens (including phenoxy) is 1. The number of aliphatic hydroxyl groups is 1. The number of hydrogen-bond donors (Lipinski definition) is 1. The Bertz CT molecular complexity index is 149. The average molecular weight is 204 g/mol. The molecule has 0 aromatic carbocycles. The smallest absolute Gasteiger partial charge is 0.330 e. The summed E-state index contributed by atoms with van der Waals surface area (Å²) in [5, 5.41) is 8.80. The zero-order chi connectivity index (χ0) is 10.6. The molecule has 0 amide bonds. The molecule has 0 aliphatic carbocycles. The first kappa shape index (κ1) is 12.6. The van der Waals surface area contributed by atoms with Crippen LogP contribution in [-0.2, 0) is 4.74 Å². The van der Waals surface area contributed by atoms with Gasteiger partial charge in [-0.3, -0.25) is 0 Å². The van der Waals surface area contributed by atoms with E-state index < -0.39 is 31.2 Å². The van der Waals surface area contributed by atoms with Crippen molar-refractivity contribution in [1.29, 1.82) is 0 Å². The first-order chi connectivity index (χ1) is 5.77. The minimum Gasteiger partial charge on any atom is -0.391 e. The summed E-state index contributed by atoms with van der Waals surface area (Å²) in [5.41, 5.74) is 0. The van der Waals surface area contributed by atoms with Gasteiger partial charge in [-0.15, -0.1) is 0 Å². The molecule has 0 saturated heterocycles. The van der Waals surface area contributed by atoms with Gasteiger partial charge in [-0.2, -0.15) is 8.78 Å². The lowest BCUT2D eigenvalue weighted by atomic mass is 10.2. The van der Waals surface area contributed by atoms with Crippen molar-refractivity contribution in [1.82, 2.24) is 0 Å². The van der Waals surface area contributed by atoms with Gasteiger partial charge in [0, 0.05) is 0 Å². The highest BCUT2D eigenvalue weighted by atomic mass is 19.3. The summed E-state index contributed by atoms with van der Waals surface area (Å²) in [4.78, 5) is 0. The Hall–Kier alpha value is -0.360. The first-order valence-corrected chi connectivity index (χ1v) is 3.73. The van der Waals surface area contributed by atoms with Gasteiger partial charge >= 0.3 is 12.3 Å². The fourth-order valence-corrected chi connectivity index (χ4v) is 0.445. The molecule has 0 aromatic heterocycles. The molecule has 0 spiro atoms. The Balaban J connectivity index is 3.88. The third-order valence-corrected chi connectivity index (χ3v) is 1.54. The molecule has 0 aliphatic rings. The summed E-state index contributed by atoms with van der Waals surface area (Å²) in [7, 11) is 0. The van der Waals surface area contributed by atoms with Crippen molar-refractivity contribution in [2.75, 3.05) is 6.61 Å². The van der Waals surface area contributed by atoms with Crippen molar-refractivity contribution in [3.63, 3.8) is 0 Å². The summed E-state index contributed by atoms with van der Waals surface area (Å²) in [6.45, 7) is 1.27. The predicted molar refractivity (Wildman–Crippen MR) is 38.0 cm³/mol. The van der Waals surface area contributed by atoms with E-state index in [2.05, 4.69) is 4.74 Å². The van der Waals surface area contributed by atoms with Crippen LogP contribution in [0, 0.1) is 0 Å². The molecule has 2 nitrogen and oxygen atoms in total. The fraction of sp³-hybridized carbons (Fsp3) is 1.00. The van der Waals surface area contributed by atoms with E-state index >= 15 is 0 Å². The van der Waals surface area contributed by atoms with Crippen LogP contribution in [0.3, 0.4) is 0 Å². The van der Waals surface area contributed by atoms with Gasteiger partial charge in [-0.25, -0.2) is 8.78 Å². The Morgan fingerprint density at radius 1 is 1.31 bits per heavy atom. The Labute approximate surface area is 73.5 Å². The number of aliphatic hydroxyl groups excluding tert-OH is 1. The van der Waals surface area contributed by atoms with E-state index in [1.165, 1.54) is 13.8 Å². The van der Waals surface area contributed by atoms with Crippen LogP contribution in [0.15, 0.2) is 0 Å². The summed E-state index contributed by atoms with van der Waals surface area (Å²) in [5.74, 6) is -4.15. The second-order valence-corrected chi connectivity index (χ2v) is 2.82. The number of hydrogen-bond acceptors (Lipinski definition) is 2. The first-order valence-electron chi connectivity index (χ1n) is 3.73. The molecule has 0 saturated carbocycles. The zero-order valence-electron chi connectivity index (χ0n) is 7.31. The lowest BCUT2D eigenvalue weighted by Gasteiger charge is -2.20. The molecule has 2 unspecified atom stereocenters. The molecule has 0 rings (SSSR count). The molecule has 6 heteroatoms. The maximum absolute atomic E-state index is 12.2. The predicted octanol–water partition coefficient (Wildman–Crippen LogP) is 1.67. The van der Waals surface area contributed by atoms with Gasteiger partial charge in [0.15, 0.2) is 0 Å². The standard InChI is InChI=1S/C7H12F4O2/c1-4(12)5(2)13-3-7(10,11)6(8)9/h4-6,12H,3H2,1-2H3. The van der Waals surface area contributed by atoms with Crippen molar-refractivity contribution < 1.29 is 27.4 Å². The van der Waals surface area contributed by atoms with Crippen LogP contribution in [0.5, 0.6) is 0 Å². The van der Waals surface area contributed by atoms with E-state index in [1.807, 2.05) is 0 Å². The number of alkyl halides is 4. The highest BCUT2D eigenvalue weighted by Gasteiger charge is 2.41. The molecule has 80 valence electrons. The van der Waals surface area contributed by atoms with Crippen LogP contribution in [0.25, 0.3) is 0 Å². The van der Waals surface area contributed by atoms with E-state index in [0.717, 1.165) is 0 Å². The SMILES string of the molecule is CC(O)C(C)OCC(F)(F)C(F)F. The topological polar surface area (TPSA) is 29.5 Å². The van der Waals surface area contributed by atoms with Crippen molar-refractivity contribution >= 4 is 0 Å². The molecule has 0 aliphatic heterocycles. The largest absolute Gasteiger partial charge is 0.391 e. The molecule has 0 fully saturated rings. The third-order valence-electron chi connectivity index (χ3n) is 1.54. The van der Waals surface area contributed by atoms with Gasteiger partial charge in [-0.05, 0) is 13.8 Å². The maximum Gasteiger partial charge on any atom is 0.330 e. The van der Waals surface area contributed by atoms with Crippen LogP contribution >= 0.6 is 0 Å². The summed E-state index contributed by atoms with van der Waals surface area (Å²) in [6, 6.07) is 0. The molecule has 2 atom stereocenters. The van der Waals surface area contributed by atoms with Gasteiger partial charge in [0.25, 0.3) is 0 Å². The lowest BCUT2D eigenvalue weighted by molar-refractivity contribution is -0.182. The highest BCUT2D eigenvalue weighted by Crippen LogP contribution is 2.23. The van der Waals surface area contributed by atoms with Crippen LogP contribution in [-0.4, -0.2) is 36.3 Å². The molecular formula is C7H12F4O2. The van der Waals surface area contributed by atoms with Crippen LogP contribution < -0.4 is 0 Å². The molecule has 0 radical (unpaired) electrons. The molecule has 13 heavy (non-hydrogen) atoms. The Morgan fingerprint density at radius 2 is 1.77 bits per heavy atom. The fourth-order valence-electron chi connectivity index (χ4n) is 0.445. The maximum atomic E-state index is 12.2. The summed E-state index contributed by atoms with van der Waals surface area (Å²) < 4.78 is 51.9. The van der Waals surface area contributed by atoms with E-state index in [9.17, 15) is 17.6 Å². The van der Waals surface area contributed by atoms with Crippen LogP contribution in [0.1, 0.15) is 13.8 Å². The third kappa shape index (κ3) is 4.42. The molecule has 1 N–H and O–H groups in total. The minimum atomic E-state index is -4.15. The van der Waals surface area contributed by atoms with Gasteiger partial charge < -0.3 is 9.84 Å². The quantitative estimate of drug-likeness (QED) is 0.690. The Kier molecular flexibility index (Phi) is 4.63. The number of halogens is 4. The molecule has 0 bridgehead atoms. The van der Waals surface area contributed by atoms with Crippen molar-refractivity contribution in [2.45, 2.75) is 38.4 Å². The zero-order valence-corrected chi connectivity index (χ0v) is 7.31. The van der Waals surface area contributed by atoms with Crippen molar-refractivity contribution in [3.8, 4) is 0 Å². The highest BCUT2D eigenvalue weighted by molar-refractivity contribution is 4.69. The van der Waals surface area contributed by atoms with Gasteiger partial charge in [0.1, 0.15) is 6.61 Å². The van der Waals surface area contributed by atoms with Gasteiger partial charge in [0.05, 0.1) is 12.2 Å². The van der Waals surface area contributed by atoms with Crippen molar-refractivity contribution in [2.24, 2.45) is 0 Å². The second-order valence-electron chi connectivity index (χ2n) is 2.82. The second kappa shape index (κ2) is 4.76. The van der Waals surface area contributed by atoms with E-state index in [1.54, 1.807) is 0 Å². The normalized spacial score (nSPS) is 17.5. The minimum absolute atomic E-state index is 0.885. The molecule has 0 aromatic rings. The summed E-state index contributed by atoms with van der Waals surface area (Å²) >= 11 is 0. The van der Waals surface area contributed by atoms with Gasteiger partial charge in [0.2, 0.25) is 0 Å². The van der Waals surface area contributed by atoms with E-state index in [4.69, 9.17) is 5.11 Å². The van der Waals surface area contributed by atoms with E-state index in [-0.39, 0.29) is 0 Å². The van der Waals surface area contributed by atoms with Crippen molar-refractivity contribution in [3.05, 3.63) is 0 Å². The average Bonchev–Trinajstić information content (AvgIpc) is 1.99. The molecular weight excluding hydrogens is 192 g/mol. The van der Waals surface area contributed by atoms with Gasteiger partial charge in [-0.1, -0.05) is 0 Å². The lowest BCUT2D eigenvalue weighted by Crippen LogP contribution is -2.36. The van der Waals surface area contributed by atoms with E-state index in [0.29, 0.717) is 0 Å². The molecule has 0 heterocycles. The number of rotatable bonds is 5. The Morgan fingerprint density at radius 3 is 2.08 bits per heavy atom. The summed E-state index contributed by atoms with van der Waals surface area (Å²) in [6.07, 6.45) is -5.59. The monoisotopic (exact) mass is 204 g/mol. The van der Waals surface area contributed by atoms with Crippen LogP contribution in [0.4, 0.5) is 17.6 Å². The van der Waals surface area contributed by atoms with Crippen LogP contribution in [0.2, 0.25) is 0 Å².